The second kappa shape index (κ2) is 9.31. The van der Waals surface area contributed by atoms with E-state index in [0.29, 0.717) is 17.2 Å². The smallest absolute Gasteiger partial charge is 0.339 e. The molecular formula is C27H24ClN3O3. The zero-order chi connectivity index (χ0) is 23.7. The van der Waals surface area contributed by atoms with E-state index in [9.17, 15) is 4.79 Å². The monoisotopic (exact) mass is 473 g/mol. The molecular weight excluding hydrogens is 450 g/mol. The molecule has 5 rings (SSSR count). The topological polar surface area (TPSA) is 66.2 Å². The average molecular weight is 474 g/mol. The van der Waals surface area contributed by atoms with E-state index < -0.39 is 0 Å². The Labute approximate surface area is 203 Å². The Morgan fingerprint density at radius 3 is 2.68 bits per heavy atom. The minimum Gasteiger partial charge on any atom is -0.494 e. The number of hydrogen-bond acceptors (Lipinski definition) is 5. The van der Waals surface area contributed by atoms with Crippen LogP contribution in [0.5, 0.6) is 5.75 Å². The van der Waals surface area contributed by atoms with Crippen LogP contribution in [-0.2, 0) is 17.6 Å². The Balaban J connectivity index is 1.57. The number of halogens is 1. The van der Waals surface area contributed by atoms with Crippen molar-refractivity contribution in [1.29, 1.82) is 0 Å². The number of nitrogens with zero attached hydrogens (tertiary/aromatic N) is 3. The SMILES string of the molecule is CCOC(=O)c1cncc(C2Cc3nn(-c4ccccc4OC)c(-c4ccc(Cl)cc4)c3C2)c1. The van der Waals surface area contributed by atoms with Gasteiger partial charge in [-0.1, -0.05) is 35.9 Å². The zero-order valence-electron chi connectivity index (χ0n) is 19.0. The summed E-state index contributed by atoms with van der Waals surface area (Å²) in [4.78, 5) is 16.5. The van der Waals surface area contributed by atoms with Crippen LogP contribution in [0.4, 0.5) is 0 Å². The van der Waals surface area contributed by atoms with Crippen LogP contribution in [0.3, 0.4) is 0 Å². The molecule has 0 bridgehead atoms. The molecule has 0 fully saturated rings. The first-order valence-corrected chi connectivity index (χ1v) is 11.6. The average Bonchev–Trinajstić information content (AvgIpc) is 3.43. The van der Waals surface area contributed by atoms with Crippen LogP contribution in [0.2, 0.25) is 5.02 Å². The van der Waals surface area contributed by atoms with Crippen molar-refractivity contribution in [3.63, 3.8) is 0 Å². The van der Waals surface area contributed by atoms with Crippen LogP contribution < -0.4 is 4.74 Å². The summed E-state index contributed by atoms with van der Waals surface area (Å²) in [5.41, 5.74) is 6.63. The summed E-state index contributed by atoms with van der Waals surface area (Å²) in [7, 11) is 1.66. The highest BCUT2D eigenvalue weighted by Crippen LogP contribution is 2.41. The van der Waals surface area contributed by atoms with Gasteiger partial charge in [-0.2, -0.15) is 5.10 Å². The molecule has 0 saturated heterocycles. The molecule has 0 N–H and O–H groups in total. The van der Waals surface area contributed by atoms with Crippen LogP contribution >= 0.6 is 11.6 Å². The maximum Gasteiger partial charge on any atom is 0.339 e. The number of aromatic nitrogens is 3. The van der Waals surface area contributed by atoms with Crippen molar-refractivity contribution in [3.05, 3.63) is 94.4 Å². The number of methoxy groups -OCH3 is 1. The molecule has 2 aromatic heterocycles. The summed E-state index contributed by atoms with van der Waals surface area (Å²) < 4.78 is 12.7. The molecule has 1 aliphatic carbocycles. The van der Waals surface area contributed by atoms with Gasteiger partial charge in [-0.05, 0) is 61.6 Å². The first-order valence-electron chi connectivity index (χ1n) is 11.2. The molecule has 7 heteroatoms. The molecule has 172 valence electrons. The minimum atomic E-state index is -0.351. The fourth-order valence-corrected chi connectivity index (χ4v) is 4.68. The summed E-state index contributed by atoms with van der Waals surface area (Å²) in [5, 5.41) is 5.71. The molecule has 0 radical (unpaired) electrons. The van der Waals surface area contributed by atoms with E-state index >= 15 is 0 Å². The van der Waals surface area contributed by atoms with Gasteiger partial charge in [-0.15, -0.1) is 0 Å². The number of carbonyl (C=O) groups is 1. The zero-order valence-corrected chi connectivity index (χ0v) is 19.7. The molecule has 1 aliphatic rings. The highest BCUT2D eigenvalue weighted by Gasteiger charge is 2.32. The predicted molar refractivity (Wildman–Crippen MR) is 131 cm³/mol. The Morgan fingerprint density at radius 2 is 1.91 bits per heavy atom. The number of esters is 1. The summed E-state index contributed by atoms with van der Waals surface area (Å²) in [6.45, 7) is 2.13. The molecule has 0 amide bonds. The van der Waals surface area contributed by atoms with Gasteiger partial charge in [0.15, 0.2) is 0 Å². The molecule has 4 aromatic rings. The molecule has 0 saturated carbocycles. The second-order valence-corrected chi connectivity index (χ2v) is 8.63. The van der Waals surface area contributed by atoms with Crippen molar-refractivity contribution in [2.24, 2.45) is 0 Å². The third kappa shape index (κ3) is 4.05. The van der Waals surface area contributed by atoms with Crippen LogP contribution in [0.25, 0.3) is 16.9 Å². The Bertz CT molecular complexity index is 1350. The van der Waals surface area contributed by atoms with Crippen LogP contribution in [0.15, 0.2) is 67.0 Å². The Morgan fingerprint density at radius 1 is 1.12 bits per heavy atom. The molecule has 1 atom stereocenters. The van der Waals surface area contributed by atoms with Crippen LogP contribution in [-0.4, -0.2) is 34.5 Å². The van der Waals surface area contributed by atoms with Gasteiger partial charge >= 0.3 is 5.97 Å². The van der Waals surface area contributed by atoms with Crippen molar-refractivity contribution in [2.45, 2.75) is 25.7 Å². The van der Waals surface area contributed by atoms with Crippen LogP contribution in [0, 0.1) is 0 Å². The number of rotatable bonds is 6. The van der Waals surface area contributed by atoms with Crippen molar-refractivity contribution in [2.75, 3.05) is 13.7 Å². The summed E-state index contributed by atoms with van der Waals surface area (Å²) in [6.07, 6.45) is 4.93. The molecule has 6 nitrogen and oxygen atoms in total. The van der Waals surface area contributed by atoms with E-state index in [1.165, 1.54) is 5.56 Å². The van der Waals surface area contributed by atoms with Gasteiger partial charge in [0.1, 0.15) is 11.4 Å². The van der Waals surface area contributed by atoms with E-state index in [1.54, 1.807) is 20.2 Å². The number of hydrogen-bond donors (Lipinski definition) is 0. The van der Waals surface area contributed by atoms with Gasteiger partial charge in [0.25, 0.3) is 0 Å². The number of benzene rings is 2. The van der Waals surface area contributed by atoms with Crippen molar-refractivity contribution >= 4 is 17.6 Å². The quantitative estimate of drug-likeness (QED) is 0.338. The van der Waals surface area contributed by atoms with Gasteiger partial charge in [0.2, 0.25) is 0 Å². The largest absolute Gasteiger partial charge is 0.494 e. The normalized spacial score (nSPS) is 14.6. The molecule has 2 aromatic carbocycles. The Kier molecular flexibility index (Phi) is 6.07. The van der Waals surface area contributed by atoms with Crippen molar-refractivity contribution in [3.8, 4) is 22.7 Å². The van der Waals surface area contributed by atoms with E-state index in [-0.39, 0.29) is 11.9 Å². The predicted octanol–water partition coefficient (Wildman–Crippen LogP) is 5.66. The van der Waals surface area contributed by atoms with Gasteiger partial charge in [0.05, 0.1) is 30.7 Å². The number of ether oxygens (including phenoxy) is 2. The number of carbonyl (C=O) groups excluding carboxylic acids is 1. The lowest BCUT2D eigenvalue weighted by atomic mass is 9.96. The van der Waals surface area contributed by atoms with Crippen molar-refractivity contribution < 1.29 is 14.3 Å². The molecule has 0 spiro atoms. The second-order valence-electron chi connectivity index (χ2n) is 8.20. The molecule has 2 heterocycles. The third-order valence-electron chi connectivity index (χ3n) is 6.13. The third-order valence-corrected chi connectivity index (χ3v) is 6.38. The van der Waals surface area contributed by atoms with Gasteiger partial charge in [-0.25, -0.2) is 9.48 Å². The number of fused-ring (bicyclic) bond motifs is 1. The maximum atomic E-state index is 12.2. The fourth-order valence-electron chi connectivity index (χ4n) is 4.55. The minimum absolute atomic E-state index is 0.178. The lowest BCUT2D eigenvalue weighted by Gasteiger charge is -2.15. The summed E-state index contributed by atoms with van der Waals surface area (Å²) in [6, 6.07) is 17.6. The van der Waals surface area contributed by atoms with E-state index in [2.05, 4.69) is 4.98 Å². The van der Waals surface area contributed by atoms with E-state index in [4.69, 9.17) is 26.2 Å². The summed E-state index contributed by atoms with van der Waals surface area (Å²) >= 11 is 6.17. The van der Waals surface area contributed by atoms with Crippen molar-refractivity contribution in [1.82, 2.24) is 14.8 Å². The summed E-state index contributed by atoms with van der Waals surface area (Å²) in [5.74, 6) is 0.579. The lowest BCUT2D eigenvalue weighted by Crippen LogP contribution is -2.09. The van der Waals surface area contributed by atoms with E-state index in [0.717, 1.165) is 46.8 Å². The fraction of sp³-hybridized carbons (Fsp3) is 0.222. The number of para-hydroxylation sites is 2. The van der Waals surface area contributed by atoms with Gasteiger partial charge in [0, 0.05) is 28.5 Å². The van der Waals surface area contributed by atoms with Gasteiger partial charge < -0.3 is 9.47 Å². The molecule has 34 heavy (non-hydrogen) atoms. The highest BCUT2D eigenvalue weighted by atomic mass is 35.5. The standard InChI is InChI=1S/C27H24ClN3O3/c1-3-34-27(32)20-12-19(15-29-16-20)18-13-22-23(14-18)30-31(24-6-4-5-7-25(24)33-2)26(22)17-8-10-21(28)11-9-17/h4-12,15-16,18H,3,13-14H2,1-2H3. The molecule has 0 aliphatic heterocycles. The van der Waals surface area contributed by atoms with E-state index in [1.807, 2.05) is 65.5 Å². The first-order chi connectivity index (χ1) is 16.6. The lowest BCUT2D eigenvalue weighted by molar-refractivity contribution is 0.0525. The first kappa shape index (κ1) is 22.2. The Hall–Kier alpha value is -3.64. The van der Waals surface area contributed by atoms with Crippen LogP contribution in [0.1, 0.15) is 40.0 Å². The van der Waals surface area contributed by atoms with Gasteiger partial charge in [-0.3, -0.25) is 4.98 Å². The number of pyridine rings is 1. The highest BCUT2D eigenvalue weighted by molar-refractivity contribution is 6.30. The molecule has 1 unspecified atom stereocenters. The maximum absolute atomic E-state index is 12.2.